The topological polar surface area (TPSA) is 81.8 Å². The number of piperazine rings is 1. The molecule has 0 spiro atoms. The van der Waals surface area contributed by atoms with Crippen LogP contribution in [-0.4, -0.2) is 66.8 Å². The van der Waals surface area contributed by atoms with Gasteiger partial charge in [-0.3, -0.25) is 19.3 Å². The van der Waals surface area contributed by atoms with E-state index in [1.807, 2.05) is 24.8 Å². The number of anilines is 1. The number of hydrogen-bond donors (Lipinski definition) is 2. The molecule has 0 aliphatic carbocycles. The minimum Gasteiger partial charge on any atom is -0.347 e. The number of halogens is 1. The first-order valence-corrected chi connectivity index (χ1v) is 9.60. The average Bonchev–Trinajstić information content (AvgIpc) is 2.67. The molecule has 1 aliphatic heterocycles. The van der Waals surface area contributed by atoms with E-state index in [0.717, 1.165) is 6.42 Å². The lowest BCUT2D eigenvalue weighted by atomic mass is 10.1. The van der Waals surface area contributed by atoms with Crippen LogP contribution in [0.25, 0.3) is 0 Å². The Morgan fingerprint density at radius 2 is 1.81 bits per heavy atom. The highest BCUT2D eigenvalue weighted by Gasteiger charge is 2.23. The maximum absolute atomic E-state index is 12.2. The zero-order valence-electron chi connectivity index (χ0n) is 15.8. The largest absolute Gasteiger partial charge is 0.347 e. The van der Waals surface area contributed by atoms with E-state index in [-0.39, 0.29) is 36.7 Å². The predicted octanol–water partition coefficient (Wildman–Crippen LogP) is 1.59. The van der Waals surface area contributed by atoms with Crippen molar-refractivity contribution >= 4 is 35.0 Å². The fraction of sp³-hybridized carbons (Fsp3) is 0.526. The lowest BCUT2D eigenvalue weighted by Crippen LogP contribution is -2.52. The van der Waals surface area contributed by atoms with Crippen LogP contribution < -0.4 is 10.6 Å². The van der Waals surface area contributed by atoms with Gasteiger partial charge in [0.05, 0.1) is 23.8 Å². The summed E-state index contributed by atoms with van der Waals surface area (Å²) in [6, 6.07) is 7.09. The van der Waals surface area contributed by atoms with E-state index in [1.165, 1.54) is 0 Å². The number of amides is 3. The number of carbonyl (C=O) groups is 3. The van der Waals surface area contributed by atoms with Crippen LogP contribution in [0.2, 0.25) is 5.02 Å². The minimum absolute atomic E-state index is 0.0240. The second-order valence-electron chi connectivity index (χ2n) is 6.71. The number of nitrogens with zero attached hydrogens (tertiary/aromatic N) is 2. The molecule has 1 heterocycles. The molecule has 1 unspecified atom stereocenters. The van der Waals surface area contributed by atoms with E-state index >= 15 is 0 Å². The van der Waals surface area contributed by atoms with E-state index < -0.39 is 0 Å². The quantitative estimate of drug-likeness (QED) is 0.735. The summed E-state index contributed by atoms with van der Waals surface area (Å²) in [5.41, 5.74) is 0.593. The summed E-state index contributed by atoms with van der Waals surface area (Å²) in [5.74, 6) is -0.414. The van der Waals surface area contributed by atoms with Gasteiger partial charge in [0, 0.05) is 32.1 Å². The molecule has 0 aromatic heterocycles. The lowest BCUT2D eigenvalue weighted by molar-refractivity contribution is -0.135. The van der Waals surface area contributed by atoms with Crippen molar-refractivity contribution in [1.82, 2.24) is 15.1 Å². The molecule has 1 aromatic carbocycles. The van der Waals surface area contributed by atoms with Gasteiger partial charge in [-0.1, -0.05) is 37.6 Å². The molecule has 0 saturated carbocycles. The molecule has 8 heteroatoms. The highest BCUT2D eigenvalue weighted by atomic mass is 35.5. The fourth-order valence-electron chi connectivity index (χ4n) is 2.74. The van der Waals surface area contributed by atoms with Crippen molar-refractivity contribution in [2.45, 2.75) is 20.3 Å². The van der Waals surface area contributed by atoms with Gasteiger partial charge in [-0.2, -0.15) is 0 Å². The van der Waals surface area contributed by atoms with Crippen LogP contribution in [0.15, 0.2) is 24.3 Å². The van der Waals surface area contributed by atoms with Crippen LogP contribution in [0.1, 0.15) is 20.3 Å². The van der Waals surface area contributed by atoms with Gasteiger partial charge in [-0.25, -0.2) is 0 Å². The number of rotatable bonds is 7. The van der Waals surface area contributed by atoms with Crippen LogP contribution in [0.5, 0.6) is 0 Å². The highest BCUT2D eigenvalue weighted by Crippen LogP contribution is 2.20. The third-order valence-corrected chi connectivity index (χ3v) is 5.04. The van der Waals surface area contributed by atoms with Gasteiger partial charge in [0.25, 0.3) is 0 Å². The van der Waals surface area contributed by atoms with Gasteiger partial charge in [-0.15, -0.1) is 0 Å². The Kier molecular flexibility index (Phi) is 8.06. The summed E-state index contributed by atoms with van der Waals surface area (Å²) in [5, 5.41) is 5.99. The summed E-state index contributed by atoms with van der Waals surface area (Å²) < 4.78 is 0. The van der Waals surface area contributed by atoms with Gasteiger partial charge < -0.3 is 15.5 Å². The first-order chi connectivity index (χ1) is 12.9. The maximum Gasteiger partial charge on any atom is 0.242 e. The number of carbonyl (C=O) groups excluding carboxylic acids is 3. The number of nitrogens with one attached hydrogen (secondary N) is 2. The monoisotopic (exact) mass is 394 g/mol. The molecule has 27 heavy (non-hydrogen) atoms. The Labute approximate surface area is 165 Å². The molecule has 1 fully saturated rings. The number of para-hydroxylation sites is 1. The number of hydrogen-bond acceptors (Lipinski definition) is 4. The molecule has 1 aliphatic rings. The SMILES string of the molecule is CCC(C)C(=O)NCC(=O)N1CCN(CC(=O)Nc2ccccc2Cl)CC1. The molecular weight excluding hydrogens is 368 g/mol. The predicted molar refractivity (Wildman–Crippen MR) is 106 cm³/mol. The van der Waals surface area contributed by atoms with Crippen LogP contribution in [-0.2, 0) is 14.4 Å². The van der Waals surface area contributed by atoms with Crippen molar-refractivity contribution in [3.05, 3.63) is 29.3 Å². The normalized spacial score (nSPS) is 15.9. The van der Waals surface area contributed by atoms with Crippen molar-refractivity contribution in [3.63, 3.8) is 0 Å². The van der Waals surface area contributed by atoms with Gasteiger partial charge in [0.1, 0.15) is 0 Å². The fourth-order valence-corrected chi connectivity index (χ4v) is 2.93. The summed E-state index contributed by atoms with van der Waals surface area (Å²) in [4.78, 5) is 39.9. The Hall–Kier alpha value is -2.12. The molecule has 0 bridgehead atoms. The molecule has 2 N–H and O–H groups in total. The maximum atomic E-state index is 12.2. The highest BCUT2D eigenvalue weighted by molar-refractivity contribution is 6.33. The zero-order valence-corrected chi connectivity index (χ0v) is 16.6. The van der Waals surface area contributed by atoms with Crippen molar-refractivity contribution in [2.24, 2.45) is 5.92 Å². The van der Waals surface area contributed by atoms with Crippen molar-refractivity contribution in [2.75, 3.05) is 44.6 Å². The molecule has 7 nitrogen and oxygen atoms in total. The second-order valence-corrected chi connectivity index (χ2v) is 7.12. The summed E-state index contributed by atoms with van der Waals surface area (Å²) in [6.45, 7) is 6.35. The van der Waals surface area contributed by atoms with E-state index in [9.17, 15) is 14.4 Å². The molecule has 1 atom stereocenters. The van der Waals surface area contributed by atoms with Crippen molar-refractivity contribution < 1.29 is 14.4 Å². The van der Waals surface area contributed by atoms with E-state index in [2.05, 4.69) is 10.6 Å². The standard InChI is InChI=1S/C19H27ClN4O3/c1-3-14(2)19(27)21-12-18(26)24-10-8-23(9-11-24)13-17(25)22-16-7-5-4-6-15(16)20/h4-7,14H,3,8-13H2,1-2H3,(H,21,27)(H,22,25). The van der Waals surface area contributed by atoms with Crippen LogP contribution in [0.4, 0.5) is 5.69 Å². The molecule has 1 saturated heterocycles. The lowest BCUT2D eigenvalue weighted by Gasteiger charge is -2.34. The van der Waals surface area contributed by atoms with E-state index in [4.69, 9.17) is 11.6 Å². The van der Waals surface area contributed by atoms with Crippen molar-refractivity contribution in [1.29, 1.82) is 0 Å². The summed E-state index contributed by atoms with van der Waals surface area (Å²) >= 11 is 6.04. The molecule has 0 radical (unpaired) electrons. The van der Waals surface area contributed by atoms with E-state index in [0.29, 0.717) is 36.9 Å². The molecular formula is C19H27ClN4O3. The molecule has 2 rings (SSSR count). The average molecular weight is 395 g/mol. The zero-order chi connectivity index (χ0) is 19.8. The van der Waals surface area contributed by atoms with Crippen LogP contribution in [0.3, 0.4) is 0 Å². The first-order valence-electron chi connectivity index (χ1n) is 9.23. The van der Waals surface area contributed by atoms with Gasteiger partial charge in [-0.05, 0) is 18.6 Å². The Balaban J connectivity index is 1.71. The van der Waals surface area contributed by atoms with Crippen LogP contribution >= 0.6 is 11.6 Å². The molecule has 3 amide bonds. The van der Waals surface area contributed by atoms with Gasteiger partial charge >= 0.3 is 0 Å². The molecule has 148 valence electrons. The first kappa shape index (κ1) is 21.2. The summed E-state index contributed by atoms with van der Waals surface area (Å²) in [7, 11) is 0. The van der Waals surface area contributed by atoms with Gasteiger partial charge in [0.15, 0.2) is 0 Å². The second kappa shape index (κ2) is 10.3. The smallest absolute Gasteiger partial charge is 0.242 e. The third kappa shape index (κ3) is 6.52. The number of benzene rings is 1. The summed E-state index contributed by atoms with van der Waals surface area (Å²) in [6.07, 6.45) is 0.745. The van der Waals surface area contributed by atoms with E-state index in [1.54, 1.807) is 23.1 Å². The Morgan fingerprint density at radius 3 is 2.44 bits per heavy atom. The third-order valence-electron chi connectivity index (χ3n) is 4.71. The van der Waals surface area contributed by atoms with Crippen molar-refractivity contribution in [3.8, 4) is 0 Å². The minimum atomic E-state index is -0.135. The Bertz CT molecular complexity index is 675. The molecule has 1 aromatic rings. The van der Waals surface area contributed by atoms with Gasteiger partial charge in [0.2, 0.25) is 17.7 Å². The van der Waals surface area contributed by atoms with Crippen LogP contribution in [0, 0.1) is 5.92 Å². The Morgan fingerprint density at radius 1 is 1.15 bits per heavy atom.